The summed E-state index contributed by atoms with van der Waals surface area (Å²) in [7, 11) is 0. The van der Waals surface area contributed by atoms with Gasteiger partial charge in [0, 0.05) is 60.6 Å². The van der Waals surface area contributed by atoms with Gasteiger partial charge in [0.05, 0.1) is 0 Å². The number of aliphatic hydroxyl groups is 1. The van der Waals surface area contributed by atoms with Gasteiger partial charge in [-0.05, 0) is 53.5 Å². The molecular formula is C24H35N5O4. The zero-order valence-electron chi connectivity index (χ0n) is 20.1. The number of nitrogens with zero attached hydrogens (tertiary/aromatic N) is 3. The molecule has 33 heavy (non-hydrogen) atoms. The minimum Gasteiger partial charge on any atom is -0.444 e. The van der Waals surface area contributed by atoms with Gasteiger partial charge in [-0.25, -0.2) is 4.79 Å². The minimum atomic E-state index is -0.509. The Morgan fingerprint density at radius 2 is 2.03 bits per heavy atom. The van der Waals surface area contributed by atoms with Crippen LogP contribution in [0.25, 0.3) is 11.4 Å². The fraction of sp³-hybridized carbons (Fsp3) is 0.583. The lowest BCUT2D eigenvalue weighted by Crippen LogP contribution is -2.41. The summed E-state index contributed by atoms with van der Waals surface area (Å²) in [5.41, 5.74) is 2.21. The van der Waals surface area contributed by atoms with Gasteiger partial charge in [0.2, 0.25) is 11.7 Å². The smallest absolute Gasteiger partial charge is 0.410 e. The summed E-state index contributed by atoms with van der Waals surface area (Å²) >= 11 is 0. The van der Waals surface area contributed by atoms with E-state index in [-0.39, 0.29) is 24.7 Å². The van der Waals surface area contributed by atoms with E-state index in [0.29, 0.717) is 36.9 Å². The summed E-state index contributed by atoms with van der Waals surface area (Å²) in [6.45, 7) is 10.8. The summed E-state index contributed by atoms with van der Waals surface area (Å²) in [6.07, 6.45) is 1.47. The normalized spacial score (nSPS) is 15.1. The number of carbonyl (C=O) groups excluding carboxylic acids is 1. The first-order valence-electron chi connectivity index (χ1n) is 11.5. The lowest BCUT2D eigenvalue weighted by molar-refractivity contribution is 0.0198. The van der Waals surface area contributed by atoms with Crippen LogP contribution in [0.15, 0.2) is 22.7 Å². The number of amides is 1. The van der Waals surface area contributed by atoms with Crippen molar-refractivity contribution in [3.8, 4) is 11.4 Å². The molecule has 2 heterocycles. The Hall–Kier alpha value is -2.94. The molecule has 1 aliphatic heterocycles. The highest BCUT2D eigenvalue weighted by Gasteiger charge is 2.30. The maximum absolute atomic E-state index is 12.3. The SMILES string of the molecule is CC(C)Nc1cc(-c2noc(C3CCN(C(=O)OC(C)(C)C)CC3)n2)ccc1C(=N)CCO. The molecule has 1 saturated heterocycles. The van der Waals surface area contributed by atoms with Crippen molar-refractivity contribution in [1.82, 2.24) is 15.0 Å². The van der Waals surface area contributed by atoms with Crippen molar-refractivity contribution >= 4 is 17.5 Å². The van der Waals surface area contributed by atoms with Crippen molar-refractivity contribution in [2.24, 2.45) is 0 Å². The molecule has 0 bridgehead atoms. The highest BCUT2D eigenvalue weighted by Crippen LogP contribution is 2.31. The number of benzene rings is 1. The van der Waals surface area contributed by atoms with E-state index in [1.807, 2.05) is 52.8 Å². The Morgan fingerprint density at radius 1 is 1.33 bits per heavy atom. The van der Waals surface area contributed by atoms with Crippen molar-refractivity contribution in [1.29, 1.82) is 5.41 Å². The van der Waals surface area contributed by atoms with Gasteiger partial charge in [-0.2, -0.15) is 4.98 Å². The standard InChI is InChI=1S/C24H35N5O4/c1-15(2)26-20-14-17(6-7-18(20)19(25)10-13-30)21-27-22(33-28-21)16-8-11-29(12-9-16)23(31)32-24(3,4)5/h6-7,14-16,25-26,30H,8-13H2,1-5H3. The van der Waals surface area contributed by atoms with Crippen LogP contribution in [0.2, 0.25) is 0 Å². The predicted molar refractivity (Wildman–Crippen MR) is 127 cm³/mol. The number of hydrogen-bond donors (Lipinski definition) is 3. The molecule has 0 spiro atoms. The van der Waals surface area contributed by atoms with E-state index in [1.54, 1.807) is 4.90 Å². The largest absolute Gasteiger partial charge is 0.444 e. The number of anilines is 1. The van der Waals surface area contributed by atoms with Crippen LogP contribution < -0.4 is 5.32 Å². The van der Waals surface area contributed by atoms with Gasteiger partial charge in [-0.1, -0.05) is 17.3 Å². The molecule has 0 aliphatic carbocycles. The Bertz CT molecular complexity index is 971. The minimum absolute atomic E-state index is 0.0668. The number of aliphatic hydroxyl groups excluding tert-OH is 1. The number of nitrogens with one attached hydrogen (secondary N) is 2. The zero-order valence-corrected chi connectivity index (χ0v) is 20.1. The summed E-state index contributed by atoms with van der Waals surface area (Å²) in [5.74, 6) is 1.16. The third-order valence-electron chi connectivity index (χ3n) is 5.35. The van der Waals surface area contributed by atoms with E-state index in [4.69, 9.17) is 14.7 Å². The molecule has 1 aromatic heterocycles. The van der Waals surface area contributed by atoms with Gasteiger partial charge < -0.3 is 30.0 Å². The number of hydrogen-bond acceptors (Lipinski definition) is 8. The Labute approximate surface area is 195 Å². The van der Waals surface area contributed by atoms with E-state index in [2.05, 4.69) is 15.5 Å². The monoisotopic (exact) mass is 457 g/mol. The lowest BCUT2D eigenvalue weighted by Gasteiger charge is -2.32. The van der Waals surface area contributed by atoms with Crippen molar-refractivity contribution in [3.63, 3.8) is 0 Å². The third-order valence-corrected chi connectivity index (χ3v) is 5.35. The quantitative estimate of drug-likeness (QED) is 0.526. The first kappa shape index (κ1) is 24.7. The molecule has 0 atom stereocenters. The van der Waals surface area contributed by atoms with Crippen LogP contribution in [0.4, 0.5) is 10.5 Å². The van der Waals surface area contributed by atoms with Crippen molar-refractivity contribution in [2.45, 2.75) is 71.4 Å². The maximum atomic E-state index is 12.3. The predicted octanol–water partition coefficient (Wildman–Crippen LogP) is 4.42. The van der Waals surface area contributed by atoms with E-state index in [9.17, 15) is 9.90 Å². The second kappa shape index (κ2) is 10.3. The summed E-state index contributed by atoms with van der Waals surface area (Å²) in [5, 5.41) is 25.0. The maximum Gasteiger partial charge on any atom is 0.410 e. The van der Waals surface area contributed by atoms with Gasteiger partial charge in [-0.3, -0.25) is 0 Å². The Kier molecular flexibility index (Phi) is 7.73. The Morgan fingerprint density at radius 3 is 2.64 bits per heavy atom. The van der Waals surface area contributed by atoms with E-state index < -0.39 is 5.60 Å². The third kappa shape index (κ3) is 6.54. The van der Waals surface area contributed by atoms with Crippen molar-refractivity contribution in [3.05, 3.63) is 29.7 Å². The number of ether oxygens (including phenoxy) is 1. The van der Waals surface area contributed by atoms with Crippen LogP contribution in [0.5, 0.6) is 0 Å². The van der Waals surface area contributed by atoms with E-state index in [1.165, 1.54) is 0 Å². The zero-order chi connectivity index (χ0) is 24.2. The highest BCUT2D eigenvalue weighted by atomic mass is 16.6. The van der Waals surface area contributed by atoms with Crippen LogP contribution in [0.1, 0.15) is 71.3 Å². The summed E-state index contributed by atoms with van der Waals surface area (Å²) in [4.78, 5) is 18.6. The van der Waals surface area contributed by atoms with Crippen molar-refractivity contribution in [2.75, 3.05) is 25.0 Å². The molecule has 0 unspecified atom stereocenters. The molecule has 1 aliphatic rings. The van der Waals surface area contributed by atoms with Crippen LogP contribution in [-0.4, -0.2) is 63.3 Å². The molecule has 1 aromatic carbocycles. The van der Waals surface area contributed by atoms with Crippen LogP contribution in [-0.2, 0) is 4.74 Å². The van der Waals surface area contributed by atoms with Crippen molar-refractivity contribution < 1.29 is 19.2 Å². The molecule has 9 nitrogen and oxygen atoms in total. The van der Waals surface area contributed by atoms with Gasteiger partial charge in [0.15, 0.2) is 0 Å². The number of carbonyl (C=O) groups is 1. The fourth-order valence-corrected chi connectivity index (χ4v) is 3.78. The fourth-order valence-electron chi connectivity index (χ4n) is 3.78. The summed E-state index contributed by atoms with van der Waals surface area (Å²) in [6, 6.07) is 5.82. The first-order valence-corrected chi connectivity index (χ1v) is 11.5. The molecule has 3 rings (SSSR count). The van der Waals surface area contributed by atoms with Gasteiger partial charge in [0.1, 0.15) is 5.60 Å². The van der Waals surface area contributed by atoms with Crippen LogP contribution in [0, 0.1) is 5.41 Å². The lowest BCUT2D eigenvalue weighted by atomic mass is 9.97. The number of aromatic nitrogens is 2. The topological polar surface area (TPSA) is 125 Å². The number of likely N-dealkylation sites (tertiary alicyclic amines) is 1. The second-order valence-corrected chi connectivity index (χ2v) is 9.71. The molecule has 9 heteroatoms. The molecule has 3 N–H and O–H groups in total. The molecule has 180 valence electrons. The number of piperidine rings is 1. The van der Waals surface area contributed by atoms with E-state index in [0.717, 1.165) is 29.7 Å². The van der Waals surface area contributed by atoms with Crippen LogP contribution >= 0.6 is 0 Å². The Balaban J connectivity index is 1.71. The summed E-state index contributed by atoms with van der Waals surface area (Å²) < 4.78 is 11.0. The van der Waals surface area contributed by atoms with E-state index >= 15 is 0 Å². The molecule has 2 aromatic rings. The van der Waals surface area contributed by atoms with Crippen LogP contribution in [0.3, 0.4) is 0 Å². The number of rotatable bonds is 7. The van der Waals surface area contributed by atoms with Gasteiger partial charge in [-0.15, -0.1) is 0 Å². The van der Waals surface area contributed by atoms with Gasteiger partial charge in [0.25, 0.3) is 0 Å². The average molecular weight is 458 g/mol. The average Bonchev–Trinajstić information content (AvgIpc) is 3.22. The molecule has 1 amide bonds. The first-order chi connectivity index (χ1) is 15.6. The highest BCUT2D eigenvalue weighted by molar-refractivity contribution is 6.03. The van der Waals surface area contributed by atoms with Gasteiger partial charge >= 0.3 is 6.09 Å². The molecule has 0 saturated carbocycles. The molecule has 0 radical (unpaired) electrons. The molecular weight excluding hydrogens is 422 g/mol. The molecule has 1 fully saturated rings. The second-order valence-electron chi connectivity index (χ2n) is 9.71.